The zero-order chi connectivity index (χ0) is 21.2. The predicted molar refractivity (Wildman–Crippen MR) is 115 cm³/mol. The number of rotatable bonds is 4. The lowest BCUT2D eigenvalue weighted by atomic mass is 9.98. The SMILES string of the molecule is Cc1cc(C)cc(-c2cc(NC3CCN(OC(=O)C(C)(C)C)CC3)nc(N)n2)c1. The smallest absolute Gasteiger partial charge is 0.330 e. The fraction of sp³-hybridized carbons (Fsp3) is 0.500. The minimum atomic E-state index is -0.502. The Labute approximate surface area is 172 Å². The van der Waals surface area contributed by atoms with Gasteiger partial charge in [0.2, 0.25) is 5.95 Å². The number of nitrogens with one attached hydrogen (secondary N) is 1. The van der Waals surface area contributed by atoms with E-state index in [-0.39, 0.29) is 18.0 Å². The number of benzene rings is 1. The highest BCUT2D eigenvalue weighted by atomic mass is 16.7. The molecule has 3 N–H and O–H groups in total. The number of nitrogen functional groups attached to an aromatic ring is 1. The molecule has 1 aliphatic heterocycles. The number of nitrogens with zero attached hydrogens (tertiary/aromatic N) is 3. The molecule has 0 spiro atoms. The van der Waals surface area contributed by atoms with Crippen LogP contribution >= 0.6 is 0 Å². The second-order valence-electron chi connectivity index (χ2n) is 8.85. The molecule has 0 radical (unpaired) electrons. The molecule has 0 unspecified atom stereocenters. The third-order valence-corrected chi connectivity index (χ3v) is 4.89. The van der Waals surface area contributed by atoms with Crippen molar-refractivity contribution < 1.29 is 9.63 Å². The van der Waals surface area contributed by atoms with Gasteiger partial charge in [-0.3, -0.25) is 0 Å². The molecule has 29 heavy (non-hydrogen) atoms. The average Bonchev–Trinajstić information content (AvgIpc) is 2.61. The van der Waals surface area contributed by atoms with Crippen molar-refractivity contribution in [1.82, 2.24) is 15.0 Å². The molecule has 0 bridgehead atoms. The summed E-state index contributed by atoms with van der Waals surface area (Å²) in [6.07, 6.45) is 1.69. The molecule has 1 saturated heterocycles. The number of anilines is 2. The average molecular weight is 398 g/mol. The Hall–Kier alpha value is -2.67. The van der Waals surface area contributed by atoms with Crippen LogP contribution < -0.4 is 11.1 Å². The van der Waals surface area contributed by atoms with E-state index in [1.54, 1.807) is 5.06 Å². The molecule has 1 fully saturated rings. The first-order valence-electron chi connectivity index (χ1n) is 10.1. The maximum absolute atomic E-state index is 12.1. The second kappa shape index (κ2) is 8.37. The lowest BCUT2D eigenvalue weighted by molar-refractivity contribution is -0.204. The highest BCUT2D eigenvalue weighted by molar-refractivity contribution is 5.75. The van der Waals surface area contributed by atoms with E-state index in [1.165, 1.54) is 11.1 Å². The Balaban J connectivity index is 1.64. The summed E-state index contributed by atoms with van der Waals surface area (Å²) >= 11 is 0. The summed E-state index contributed by atoms with van der Waals surface area (Å²) in [6.45, 7) is 11.1. The Kier molecular flexibility index (Phi) is 6.07. The van der Waals surface area contributed by atoms with Crippen molar-refractivity contribution in [2.75, 3.05) is 24.1 Å². The zero-order valence-electron chi connectivity index (χ0n) is 18.0. The van der Waals surface area contributed by atoms with Gasteiger partial charge in [-0.25, -0.2) is 9.78 Å². The quantitative estimate of drug-likeness (QED) is 0.812. The van der Waals surface area contributed by atoms with Crippen LogP contribution in [0.15, 0.2) is 24.3 Å². The number of aromatic nitrogens is 2. The third-order valence-electron chi connectivity index (χ3n) is 4.89. The van der Waals surface area contributed by atoms with E-state index in [0.717, 1.165) is 29.9 Å². The summed E-state index contributed by atoms with van der Waals surface area (Å²) in [4.78, 5) is 26.3. The summed E-state index contributed by atoms with van der Waals surface area (Å²) in [5, 5.41) is 5.22. The Morgan fingerprint density at radius 3 is 2.31 bits per heavy atom. The molecule has 1 aromatic carbocycles. The first kappa shape index (κ1) is 21.0. The van der Waals surface area contributed by atoms with Gasteiger partial charge in [0, 0.05) is 30.8 Å². The summed E-state index contributed by atoms with van der Waals surface area (Å²) in [5.41, 5.74) is 9.67. The Morgan fingerprint density at radius 2 is 1.72 bits per heavy atom. The normalized spacial score (nSPS) is 15.9. The zero-order valence-corrected chi connectivity index (χ0v) is 18.0. The number of hydrogen-bond donors (Lipinski definition) is 2. The van der Waals surface area contributed by atoms with Crippen molar-refractivity contribution in [2.24, 2.45) is 5.41 Å². The minimum Gasteiger partial charge on any atom is -0.368 e. The standard InChI is InChI=1S/C22H31N5O2/c1-14-10-15(2)12-16(11-14)18-13-19(26-21(23)25-18)24-17-6-8-27(9-7-17)29-20(28)22(3,4)5/h10-13,17H,6-9H2,1-5H3,(H3,23,24,25,26). The van der Waals surface area contributed by atoms with Crippen LogP contribution in [0.4, 0.5) is 11.8 Å². The molecule has 7 heteroatoms. The van der Waals surface area contributed by atoms with E-state index >= 15 is 0 Å². The molecule has 0 atom stereocenters. The first-order chi connectivity index (χ1) is 13.6. The monoisotopic (exact) mass is 397 g/mol. The van der Waals surface area contributed by atoms with Gasteiger partial charge >= 0.3 is 5.97 Å². The molecule has 1 aliphatic rings. The number of aryl methyl sites for hydroxylation is 2. The molecule has 1 aromatic heterocycles. The van der Waals surface area contributed by atoms with E-state index in [9.17, 15) is 4.79 Å². The predicted octanol–water partition coefficient (Wildman–Crippen LogP) is 3.72. The van der Waals surface area contributed by atoms with E-state index < -0.39 is 5.41 Å². The van der Waals surface area contributed by atoms with E-state index in [4.69, 9.17) is 10.6 Å². The van der Waals surface area contributed by atoms with E-state index in [2.05, 4.69) is 47.3 Å². The van der Waals surface area contributed by atoms with Crippen LogP contribution in [-0.4, -0.2) is 40.1 Å². The summed E-state index contributed by atoms with van der Waals surface area (Å²) < 4.78 is 0. The van der Waals surface area contributed by atoms with E-state index in [0.29, 0.717) is 13.1 Å². The molecule has 2 aromatic rings. The van der Waals surface area contributed by atoms with Gasteiger partial charge < -0.3 is 15.9 Å². The van der Waals surface area contributed by atoms with Gasteiger partial charge in [-0.15, -0.1) is 5.06 Å². The molecular weight excluding hydrogens is 366 g/mol. The lowest BCUT2D eigenvalue weighted by Crippen LogP contribution is -2.42. The van der Waals surface area contributed by atoms with Crippen LogP contribution in [0.1, 0.15) is 44.7 Å². The van der Waals surface area contributed by atoms with Crippen molar-refractivity contribution in [3.05, 3.63) is 35.4 Å². The molecule has 0 aliphatic carbocycles. The lowest BCUT2D eigenvalue weighted by Gasteiger charge is -2.32. The highest BCUT2D eigenvalue weighted by Gasteiger charge is 2.28. The molecule has 2 heterocycles. The summed E-state index contributed by atoms with van der Waals surface area (Å²) in [7, 11) is 0. The fourth-order valence-electron chi connectivity index (χ4n) is 3.37. The van der Waals surface area contributed by atoms with Crippen molar-refractivity contribution in [3.8, 4) is 11.3 Å². The number of piperidine rings is 1. The second-order valence-corrected chi connectivity index (χ2v) is 8.85. The van der Waals surface area contributed by atoms with E-state index in [1.807, 2.05) is 26.8 Å². The maximum atomic E-state index is 12.1. The van der Waals surface area contributed by atoms with Crippen molar-refractivity contribution in [1.29, 1.82) is 0 Å². The van der Waals surface area contributed by atoms with Gasteiger partial charge in [0.1, 0.15) is 5.82 Å². The number of carbonyl (C=O) groups excluding carboxylic acids is 1. The van der Waals surface area contributed by atoms with Crippen molar-refractivity contribution >= 4 is 17.7 Å². The van der Waals surface area contributed by atoms with Crippen LogP contribution in [0.3, 0.4) is 0 Å². The van der Waals surface area contributed by atoms with Crippen LogP contribution in [0, 0.1) is 19.3 Å². The molecule has 3 rings (SSSR count). The number of nitrogens with two attached hydrogens (primary N) is 1. The van der Waals surface area contributed by atoms with Gasteiger partial charge in [-0.05, 0) is 59.6 Å². The number of hydroxylamine groups is 2. The minimum absolute atomic E-state index is 0.203. The fourth-order valence-corrected chi connectivity index (χ4v) is 3.37. The molecule has 0 saturated carbocycles. The first-order valence-corrected chi connectivity index (χ1v) is 10.1. The Bertz CT molecular complexity index is 863. The molecule has 7 nitrogen and oxygen atoms in total. The molecule has 156 valence electrons. The van der Waals surface area contributed by atoms with Gasteiger partial charge in [0.05, 0.1) is 11.1 Å². The number of hydrogen-bond acceptors (Lipinski definition) is 7. The Morgan fingerprint density at radius 1 is 1.10 bits per heavy atom. The van der Waals surface area contributed by atoms with Crippen LogP contribution in [0.25, 0.3) is 11.3 Å². The summed E-state index contributed by atoms with van der Waals surface area (Å²) in [6, 6.07) is 8.51. The topological polar surface area (TPSA) is 93.4 Å². The van der Waals surface area contributed by atoms with Gasteiger partial charge in [-0.1, -0.05) is 17.2 Å². The highest BCUT2D eigenvalue weighted by Crippen LogP contribution is 2.25. The van der Waals surface area contributed by atoms with Gasteiger partial charge in [0.25, 0.3) is 0 Å². The van der Waals surface area contributed by atoms with Crippen molar-refractivity contribution in [2.45, 2.75) is 53.5 Å². The van der Waals surface area contributed by atoms with Crippen molar-refractivity contribution in [3.63, 3.8) is 0 Å². The molecule has 0 amide bonds. The van der Waals surface area contributed by atoms with Gasteiger partial charge in [0.15, 0.2) is 0 Å². The number of carbonyl (C=O) groups is 1. The maximum Gasteiger partial charge on any atom is 0.330 e. The summed E-state index contributed by atoms with van der Waals surface area (Å²) in [5.74, 6) is 0.767. The molecular formula is C22H31N5O2. The third kappa shape index (κ3) is 5.67. The largest absolute Gasteiger partial charge is 0.368 e. The van der Waals surface area contributed by atoms with Crippen LogP contribution in [-0.2, 0) is 9.63 Å². The van der Waals surface area contributed by atoms with Gasteiger partial charge in [-0.2, -0.15) is 4.98 Å². The van der Waals surface area contributed by atoms with Crippen LogP contribution in [0.5, 0.6) is 0 Å². The van der Waals surface area contributed by atoms with Crippen LogP contribution in [0.2, 0.25) is 0 Å².